The SMILES string of the molecule is COC(=O)[C@@H]1[C@@H]2C[C@H]3c4[nH]c5ccccc5c4CCN3C[C@H]2[C@@H](Br)C[C@H]1O. The van der Waals surface area contributed by atoms with Gasteiger partial charge in [-0.1, -0.05) is 34.1 Å². The van der Waals surface area contributed by atoms with Crippen LogP contribution in [0, 0.1) is 17.8 Å². The van der Waals surface area contributed by atoms with Gasteiger partial charge >= 0.3 is 5.97 Å². The van der Waals surface area contributed by atoms with E-state index < -0.39 is 12.0 Å². The van der Waals surface area contributed by atoms with Crippen molar-refractivity contribution in [2.24, 2.45) is 17.8 Å². The van der Waals surface area contributed by atoms with Crippen molar-refractivity contribution in [1.82, 2.24) is 9.88 Å². The number of ether oxygens (including phenoxy) is 1. The number of nitrogens with one attached hydrogen (secondary N) is 1. The van der Waals surface area contributed by atoms with Gasteiger partial charge in [-0.2, -0.15) is 0 Å². The molecule has 0 radical (unpaired) electrons. The highest BCUT2D eigenvalue weighted by atomic mass is 79.9. The number of halogens is 1. The van der Waals surface area contributed by atoms with Crippen LogP contribution in [0.2, 0.25) is 0 Å². The van der Waals surface area contributed by atoms with Gasteiger partial charge in [0.05, 0.1) is 25.2 Å². The number of methoxy groups -OCH3 is 1. The van der Waals surface area contributed by atoms with Gasteiger partial charge < -0.3 is 14.8 Å². The molecule has 0 bridgehead atoms. The van der Waals surface area contributed by atoms with Crippen LogP contribution in [0.1, 0.15) is 30.1 Å². The lowest BCUT2D eigenvalue weighted by atomic mass is 9.65. The van der Waals surface area contributed by atoms with Crippen LogP contribution in [-0.4, -0.2) is 52.1 Å². The van der Waals surface area contributed by atoms with Crippen molar-refractivity contribution in [2.75, 3.05) is 20.2 Å². The van der Waals surface area contributed by atoms with E-state index in [9.17, 15) is 9.90 Å². The number of aliphatic hydroxyl groups is 1. The van der Waals surface area contributed by atoms with Gasteiger partial charge in [-0.25, -0.2) is 0 Å². The zero-order valence-corrected chi connectivity index (χ0v) is 17.0. The summed E-state index contributed by atoms with van der Waals surface area (Å²) >= 11 is 3.80. The van der Waals surface area contributed by atoms with Crippen LogP contribution >= 0.6 is 15.9 Å². The molecule has 2 fully saturated rings. The third kappa shape index (κ3) is 2.68. The molecule has 0 unspecified atom stereocenters. The fourth-order valence-electron chi connectivity index (χ4n) is 5.79. The van der Waals surface area contributed by atoms with Crippen LogP contribution in [0.4, 0.5) is 0 Å². The molecule has 1 aliphatic carbocycles. The van der Waals surface area contributed by atoms with Gasteiger partial charge in [-0.15, -0.1) is 0 Å². The fraction of sp³-hybridized carbons (Fsp3) is 0.571. The van der Waals surface area contributed by atoms with Crippen LogP contribution in [0.3, 0.4) is 0 Å². The van der Waals surface area contributed by atoms with E-state index in [1.807, 2.05) is 0 Å². The molecular formula is C21H25BrN2O3. The summed E-state index contributed by atoms with van der Waals surface area (Å²) in [4.78, 5) is 18.9. The highest BCUT2D eigenvalue weighted by molar-refractivity contribution is 9.09. The second-order valence-electron chi connectivity index (χ2n) is 8.25. The number of aromatic amines is 1. The van der Waals surface area contributed by atoms with E-state index in [0.29, 0.717) is 12.3 Å². The number of hydrogen-bond donors (Lipinski definition) is 2. The number of alkyl halides is 1. The summed E-state index contributed by atoms with van der Waals surface area (Å²) in [7, 11) is 1.43. The number of piperidine rings is 1. The molecule has 0 spiro atoms. The number of carbonyl (C=O) groups is 1. The molecule has 0 amide bonds. The average molecular weight is 433 g/mol. The minimum Gasteiger partial charge on any atom is -0.469 e. The first-order valence-electron chi connectivity index (χ1n) is 9.82. The highest BCUT2D eigenvalue weighted by Gasteiger charge is 2.52. The maximum Gasteiger partial charge on any atom is 0.311 e. The van der Waals surface area contributed by atoms with E-state index in [4.69, 9.17) is 4.74 Å². The largest absolute Gasteiger partial charge is 0.469 e. The first-order chi connectivity index (χ1) is 13.1. The third-order valence-corrected chi connectivity index (χ3v) is 8.09. The normalized spacial score (nSPS) is 36.0. The van der Waals surface area contributed by atoms with Gasteiger partial charge in [0.15, 0.2) is 0 Å². The molecule has 2 aliphatic heterocycles. The molecule has 2 aromatic rings. The van der Waals surface area contributed by atoms with Crippen molar-refractivity contribution in [1.29, 1.82) is 0 Å². The van der Waals surface area contributed by atoms with E-state index in [1.165, 1.54) is 29.3 Å². The number of carbonyl (C=O) groups excluding carboxylic acids is 1. The zero-order valence-electron chi connectivity index (χ0n) is 15.4. The van der Waals surface area contributed by atoms with Crippen LogP contribution in [0.25, 0.3) is 10.9 Å². The van der Waals surface area contributed by atoms with E-state index in [1.54, 1.807) is 0 Å². The van der Waals surface area contributed by atoms with Gasteiger partial charge in [0.2, 0.25) is 0 Å². The molecule has 5 nitrogen and oxygen atoms in total. The number of benzene rings is 1. The fourth-order valence-corrected chi connectivity index (χ4v) is 6.74. The van der Waals surface area contributed by atoms with E-state index >= 15 is 0 Å². The number of esters is 1. The lowest BCUT2D eigenvalue weighted by molar-refractivity contribution is -0.159. The van der Waals surface area contributed by atoms with Crippen molar-refractivity contribution >= 4 is 32.8 Å². The van der Waals surface area contributed by atoms with Gasteiger partial charge in [-0.05, 0) is 42.7 Å². The first-order valence-corrected chi connectivity index (χ1v) is 10.7. The Morgan fingerprint density at radius 1 is 1.30 bits per heavy atom. The topological polar surface area (TPSA) is 65.6 Å². The monoisotopic (exact) mass is 432 g/mol. The maximum absolute atomic E-state index is 12.5. The zero-order chi connectivity index (χ0) is 18.7. The summed E-state index contributed by atoms with van der Waals surface area (Å²) in [5.74, 6) is -0.201. The number of fused-ring (bicyclic) bond motifs is 6. The number of para-hydroxylation sites is 1. The molecule has 6 atom stereocenters. The second kappa shape index (κ2) is 6.61. The van der Waals surface area contributed by atoms with Crippen LogP contribution in [-0.2, 0) is 16.0 Å². The minimum atomic E-state index is -0.639. The van der Waals surface area contributed by atoms with Crippen LogP contribution in [0.5, 0.6) is 0 Å². The molecule has 2 N–H and O–H groups in total. The predicted molar refractivity (Wildman–Crippen MR) is 107 cm³/mol. The molecule has 1 aromatic carbocycles. The summed E-state index contributed by atoms with van der Waals surface area (Å²) in [6.07, 6.45) is 1.91. The van der Waals surface area contributed by atoms with E-state index in [-0.39, 0.29) is 22.8 Å². The second-order valence-corrected chi connectivity index (χ2v) is 9.43. The van der Waals surface area contributed by atoms with Crippen molar-refractivity contribution in [3.8, 4) is 0 Å². The van der Waals surface area contributed by atoms with Gasteiger partial charge in [0.1, 0.15) is 0 Å². The standard InChI is InChI=1S/C21H25BrN2O3/c1-27-21(26)19-13-8-17-20-12(11-4-2-3-5-16(11)23-20)6-7-24(17)10-14(13)15(22)9-18(19)25/h2-5,13-15,17-19,23,25H,6-10H2,1H3/t13-,14-,15+,17+,18-,19-/m1/s1. The Balaban J connectivity index is 1.54. The quantitative estimate of drug-likeness (QED) is 0.536. The molecule has 3 aliphatic rings. The third-order valence-electron chi connectivity index (χ3n) is 7.04. The van der Waals surface area contributed by atoms with Gasteiger partial charge in [0, 0.05) is 34.5 Å². The van der Waals surface area contributed by atoms with Crippen molar-refractivity contribution < 1.29 is 14.6 Å². The Bertz CT molecular complexity index is 881. The molecule has 6 heteroatoms. The average Bonchev–Trinajstić information content (AvgIpc) is 3.06. The Morgan fingerprint density at radius 3 is 2.93 bits per heavy atom. The highest BCUT2D eigenvalue weighted by Crippen LogP contribution is 2.50. The Labute approximate surface area is 167 Å². The lowest BCUT2D eigenvalue weighted by Crippen LogP contribution is -2.56. The number of aliphatic hydroxyl groups excluding tert-OH is 1. The molecule has 1 saturated carbocycles. The maximum atomic E-state index is 12.5. The van der Waals surface area contributed by atoms with Crippen molar-refractivity contribution in [2.45, 2.75) is 36.2 Å². The van der Waals surface area contributed by atoms with Crippen molar-refractivity contribution in [3.63, 3.8) is 0 Å². The van der Waals surface area contributed by atoms with Crippen LogP contribution < -0.4 is 0 Å². The van der Waals surface area contributed by atoms with E-state index in [2.05, 4.69) is 50.1 Å². The summed E-state index contributed by atoms with van der Waals surface area (Å²) in [5.41, 5.74) is 3.92. The molecule has 3 heterocycles. The molecule has 1 saturated heterocycles. The predicted octanol–water partition coefficient (Wildman–Crippen LogP) is 3.02. The Hall–Kier alpha value is -1.37. The Morgan fingerprint density at radius 2 is 2.11 bits per heavy atom. The minimum absolute atomic E-state index is 0.129. The lowest BCUT2D eigenvalue weighted by Gasteiger charge is -2.52. The molecule has 1 aromatic heterocycles. The summed E-state index contributed by atoms with van der Waals surface area (Å²) in [5, 5.41) is 12.0. The number of rotatable bonds is 1. The smallest absolute Gasteiger partial charge is 0.311 e. The molecule has 144 valence electrons. The number of aromatic nitrogens is 1. The van der Waals surface area contributed by atoms with Gasteiger partial charge in [-0.3, -0.25) is 9.69 Å². The summed E-state index contributed by atoms with van der Waals surface area (Å²) in [6, 6.07) is 8.78. The van der Waals surface area contributed by atoms with Gasteiger partial charge in [0.25, 0.3) is 0 Å². The molecule has 27 heavy (non-hydrogen) atoms. The first kappa shape index (κ1) is 17.7. The molecular weight excluding hydrogens is 408 g/mol. The van der Waals surface area contributed by atoms with Crippen molar-refractivity contribution in [3.05, 3.63) is 35.5 Å². The summed E-state index contributed by atoms with van der Waals surface area (Å²) in [6.45, 7) is 2.01. The number of nitrogens with zero attached hydrogens (tertiary/aromatic N) is 1. The van der Waals surface area contributed by atoms with Crippen LogP contribution in [0.15, 0.2) is 24.3 Å². The summed E-state index contributed by atoms with van der Waals surface area (Å²) < 4.78 is 5.06. The Kier molecular flexibility index (Phi) is 4.33. The number of H-pyrrole nitrogens is 1. The number of hydrogen-bond acceptors (Lipinski definition) is 4. The van der Waals surface area contributed by atoms with E-state index in [0.717, 1.165) is 25.9 Å². The molecule has 5 rings (SSSR count).